The molecule has 12 heteroatoms. The monoisotopic (exact) mass is 576 g/mol. The molecule has 10 atom stereocenters. The molecule has 5 unspecified atom stereocenters. The van der Waals surface area contributed by atoms with Crippen molar-refractivity contribution in [1.82, 2.24) is 0 Å². The summed E-state index contributed by atoms with van der Waals surface area (Å²) in [6.45, 7) is 10.3. The largest absolute Gasteiger partial charge is 0.445 e. The first kappa shape index (κ1) is 30.3. The highest BCUT2D eigenvalue weighted by molar-refractivity contribution is 6.76. The zero-order valence-corrected chi connectivity index (χ0v) is 23.9. The third kappa shape index (κ3) is 7.43. The second-order valence-corrected chi connectivity index (χ2v) is 12.0. The van der Waals surface area contributed by atoms with E-state index < -0.39 is 46.6 Å². The molecule has 1 N–H and O–H groups in total. The number of azide groups is 1. The number of benzene rings is 1. The maximum atomic E-state index is 9.21. The van der Waals surface area contributed by atoms with E-state index in [4.69, 9.17) is 63.9 Å². The summed E-state index contributed by atoms with van der Waals surface area (Å²) in [6.07, 6.45) is -2.66. The molecule has 1 aromatic carbocycles. The third-order valence-electron chi connectivity index (χ3n) is 7.31. The second-order valence-electron chi connectivity index (χ2n) is 9.74. The van der Waals surface area contributed by atoms with Crippen LogP contribution in [0.15, 0.2) is 35.4 Å². The van der Waals surface area contributed by atoms with Gasteiger partial charge >= 0.3 is 0 Å². The summed E-state index contributed by atoms with van der Waals surface area (Å²) in [5.41, 5.74) is 10.2. The van der Waals surface area contributed by atoms with Gasteiger partial charge in [0.15, 0.2) is 6.29 Å². The lowest BCUT2D eigenvalue weighted by Crippen LogP contribution is -2.59. The standard InChI is InChI=1S/C25H35Cl3N4O5/c1-6-18-13(2)14(3)19(31-32-30)22(35-18)36-20-15(4)21(33-12-17-10-8-7-9-11-17)23(34-16(20)5)37-24(29)25(26,27)28/h7-11,13-16,18-23,29H,6,12H2,1-5H3/t13-,14-,15-,16?,18?,19?,20-,21?,22+,23?/m0/s1. The van der Waals surface area contributed by atoms with E-state index in [0.29, 0.717) is 0 Å². The van der Waals surface area contributed by atoms with Crippen LogP contribution in [-0.4, -0.2) is 52.7 Å². The zero-order valence-electron chi connectivity index (χ0n) is 21.6. The highest BCUT2D eigenvalue weighted by Gasteiger charge is 2.49. The average molecular weight is 578 g/mol. The summed E-state index contributed by atoms with van der Waals surface area (Å²) >= 11 is 17.6. The molecule has 9 nitrogen and oxygen atoms in total. The molecule has 0 spiro atoms. The molecule has 2 heterocycles. The van der Waals surface area contributed by atoms with Crippen LogP contribution in [0.4, 0.5) is 0 Å². The van der Waals surface area contributed by atoms with E-state index in [9.17, 15) is 5.53 Å². The van der Waals surface area contributed by atoms with Gasteiger partial charge in [0.05, 0.1) is 31.0 Å². The van der Waals surface area contributed by atoms with Crippen LogP contribution < -0.4 is 0 Å². The smallest absolute Gasteiger partial charge is 0.265 e. The fourth-order valence-corrected chi connectivity index (χ4v) is 5.10. The van der Waals surface area contributed by atoms with Gasteiger partial charge in [-0.25, -0.2) is 0 Å². The molecule has 0 radical (unpaired) electrons. The molecular weight excluding hydrogens is 543 g/mol. The number of hydrogen-bond donors (Lipinski definition) is 1. The van der Waals surface area contributed by atoms with Gasteiger partial charge in [0.2, 0.25) is 12.2 Å². The molecular formula is C25H35Cl3N4O5. The minimum Gasteiger partial charge on any atom is -0.445 e. The van der Waals surface area contributed by atoms with Gasteiger partial charge in [-0.2, -0.15) is 0 Å². The molecule has 0 saturated carbocycles. The summed E-state index contributed by atoms with van der Waals surface area (Å²) in [4.78, 5) is 3.05. The van der Waals surface area contributed by atoms with Crippen LogP contribution in [0.25, 0.3) is 10.4 Å². The molecule has 0 aromatic heterocycles. The molecule has 2 fully saturated rings. The summed E-state index contributed by atoms with van der Waals surface area (Å²) in [5.74, 6) is -0.598. The van der Waals surface area contributed by atoms with Gasteiger partial charge in [-0.05, 0) is 36.3 Å². The minimum absolute atomic E-state index is 0.0359. The van der Waals surface area contributed by atoms with Crippen LogP contribution in [-0.2, 0) is 30.3 Å². The van der Waals surface area contributed by atoms with E-state index in [-0.39, 0.29) is 30.5 Å². The highest BCUT2D eigenvalue weighted by Crippen LogP contribution is 2.39. The average Bonchev–Trinajstić information content (AvgIpc) is 2.85. The topological polar surface area (TPSA) is 119 Å². The Morgan fingerprint density at radius 1 is 1.03 bits per heavy atom. The summed E-state index contributed by atoms with van der Waals surface area (Å²) < 4.78 is 28.8. The number of alkyl halides is 3. The van der Waals surface area contributed by atoms with Gasteiger partial charge in [-0.3, -0.25) is 5.41 Å². The van der Waals surface area contributed by atoms with E-state index in [1.165, 1.54) is 0 Å². The molecule has 0 bridgehead atoms. The van der Waals surface area contributed by atoms with Crippen LogP contribution in [0.3, 0.4) is 0 Å². The lowest BCUT2D eigenvalue weighted by molar-refractivity contribution is -0.319. The Morgan fingerprint density at radius 3 is 2.30 bits per heavy atom. The van der Waals surface area contributed by atoms with Crippen molar-refractivity contribution in [2.24, 2.45) is 22.9 Å². The van der Waals surface area contributed by atoms with Crippen molar-refractivity contribution in [3.8, 4) is 0 Å². The zero-order chi connectivity index (χ0) is 27.3. The van der Waals surface area contributed by atoms with E-state index in [2.05, 4.69) is 23.9 Å². The predicted octanol–water partition coefficient (Wildman–Crippen LogP) is 6.79. The quantitative estimate of drug-likeness (QED) is 0.0911. The maximum absolute atomic E-state index is 9.21. The van der Waals surface area contributed by atoms with Gasteiger partial charge in [0.25, 0.3) is 3.79 Å². The first-order valence-electron chi connectivity index (χ1n) is 12.5. The first-order chi connectivity index (χ1) is 17.5. The molecule has 0 amide bonds. The van der Waals surface area contributed by atoms with E-state index in [1.54, 1.807) is 0 Å². The highest BCUT2D eigenvalue weighted by atomic mass is 35.6. The Balaban J connectivity index is 1.84. The van der Waals surface area contributed by atoms with Crippen molar-refractivity contribution >= 4 is 40.7 Å². The number of nitrogens with zero attached hydrogens (tertiary/aromatic N) is 3. The van der Waals surface area contributed by atoms with Crippen LogP contribution >= 0.6 is 34.8 Å². The van der Waals surface area contributed by atoms with Crippen molar-refractivity contribution in [3.63, 3.8) is 0 Å². The molecule has 37 heavy (non-hydrogen) atoms. The van der Waals surface area contributed by atoms with Crippen molar-refractivity contribution < 1.29 is 23.7 Å². The molecule has 2 saturated heterocycles. The lowest BCUT2D eigenvalue weighted by Gasteiger charge is -2.48. The maximum Gasteiger partial charge on any atom is 0.265 e. The van der Waals surface area contributed by atoms with Crippen LogP contribution in [0.1, 0.15) is 46.6 Å². The van der Waals surface area contributed by atoms with Gasteiger partial charge in [-0.15, -0.1) is 0 Å². The number of hydrogen-bond acceptors (Lipinski definition) is 7. The van der Waals surface area contributed by atoms with Crippen molar-refractivity contribution in [3.05, 3.63) is 46.3 Å². The second kappa shape index (κ2) is 13.2. The number of rotatable bonds is 8. The number of ether oxygens (including phenoxy) is 5. The molecule has 3 rings (SSSR count). The van der Waals surface area contributed by atoms with Crippen molar-refractivity contribution in [2.45, 2.75) is 94.5 Å². The van der Waals surface area contributed by atoms with Gasteiger partial charge in [0.1, 0.15) is 6.10 Å². The third-order valence-corrected chi connectivity index (χ3v) is 7.83. The Hall–Kier alpha value is -1.29. The first-order valence-corrected chi connectivity index (χ1v) is 13.6. The molecule has 206 valence electrons. The molecule has 2 aliphatic heterocycles. The van der Waals surface area contributed by atoms with E-state index in [0.717, 1.165) is 12.0 Å². The Kier molecular flexibility index (Phi) is 10.8. The normalized spacial score (nSPS) is 36.4. The summed E-state index contributed by atoms with van der Waals surface area (Å²) in [5, 5.41) is 12.1. The fraction of sp³-hybridized carbons (Fsp3) is 0.720. The predicted molar refractivity (Wildman–Crippen MR) is 143 cm³/mol. The Labute approximate surface area is 233 Å². The van der Waals surface area contributed by atoms with Crippen LogP contribution in [0.2, 0.25) is 0 Å². The fourth-order valence-electron chi connectivity index (χ4n) is 4.97. The number of nitrogens with one attached hydrogen (secondary N) is 1. The number of halogens is 3. The van der Waals surface area contributed by atoms with E-state index >= 15 is 0 Å². The van der Waals surface area contributed by atoms with Gasteiger partial charge in [0, 0.05) is 10.8 Å². The Morgan fingerprint density at radius 2 is 1.70 bits per heavy atom. The van der Waals surface area contributed by atoms with Gasteiger partial charge < -0.3 is 23.7 Å². The summed E-state index contributed by atoms with van der Waals surface area (Å²) in [7, 11) is 0. The molecule has 1 aromatic rings. The lowest BCUT2D eigenvalue weighted by atomic mass is 9.81. The molecule has 0 aliphatic carbocycles. The van der Waals surface area contributed by atoms with Crippen molar-refractivity contribution in [2.75, 3.05) is 0 Å². The SMILES string of the molecule is CCC1O[C@H](O[C@@H]2C(C)OC(OC(=N)C(Cl)(Cl)Cl)C(OCc3ccccc3)[C@H]2C)C(N=[N+]=[N-])[C@@H](C)[C@@H]1C. The minimum atomic E-state index is -2.05. The van der Waals surface area contributed by atoms with E-state index in [1.807, 2.05) is 51.1 Å². The van der Waals surface area contributed by atoms with Crippen molar-refractivity contribution in [1.29, 1.82) is 5.41 Å². The van der Waals surface area contributed by atoms with Crippen LogP contribution in [0.5, 0.6) is 0 Å². The van der Waals surface area contributed by atoms with Gasteiger partial charge in [-0.1, -0.05) is 97.9 Å². The summed E-state index contributed by atoms with van der Waals surface area (Å²) in [6, 6.07) is 9.14. The van der Waals surface area contributed by atoms with Crippen LogP contribution in [0, 0.1) is 23.2 Å². The molecule has 2 aliphatic rings. The Bertz CT molecular complexity index is 946.